The molecule has 2 heteroatoms. The second kappa shape index (κ2) is 9.22. The molecule has 0 saturated carbocycles. The third-order valence-electron chi connectivity index (χ3n) is 2.22. The first kappa shape index (κ1) is 13.7. The largest absolute Gasteiger partial charge is 0.382 e. The average Bonchev–Trinajstić information content (AvgIpc) is 2.16. The van der Waals surface area contributed by atoms with Crippen molar-refractivity contribution in [2.75, 3.05) is 19.8 Å². The smallest absolute Gasteiger partial charge is 0.0466 e. The highest BCUT2D eigenvalue weighted by atomic mass is 16.5. The first-order valence-corrected chi connectivity index (χ1v) is 5.68. The number of rotatable bonds is 9. The quantitative estimate of drug-likeness (QED) is 0.455. The Morgan fingerprint density at radius 2 is 2.14 bits per heavy atom. The third-order valence-corrected chi connectivity index (χ3v) is 2.22. The number of ether oxygens (including phenoxy) is 1. The predicted octanol–water partition coefficient (Wildman–Crippen LogP) is 2.75. The molecule has 84 valence electrons. The van der Waals surface area contributed by atoms with Gasteiger partial charge in [-0.25, -0.2) is 0 Å². The molecule has 14 heavy (non-hydrogen) atoms. The van der Waals surface area contributed by atoms with Gasteiger partial charge in [0.05, 0.1) is 0 Å². The van der Waals surface area contributed by atoms with Crippen LogP contribution in [0.25, 0.3) is 0 Å². The van der Waals surface area contributed by atoms with Gasteiger partial charge in [0.1, 0.15) is 0 Å². The first-order valence-electron chi connectivity index (χ1n) is 5.68. The molecule has 0 bridgehead atoms. The van der Waals surface area contributed by atoms with Gasteiger partial charge in [0.25, 0.3) is 0 Å². The van der Waals surface area contributed by atoms with Crippen LogP contribution < -0.4 is 5.32 Å². The van der Waals surface area contributed by atoms with E-state index < -0.39 is 0 Å². The fourth-order valence-electron chi connectivity index (χ4n) is 1.38. The Balaban J connectivity index is 3.57. The fourth-order valence-corrected chi connectivity index (χ4v) is 1.38. The molecule has 0 radical (unpaired) electrons. The van der Waals surface area contributed by atoms with E-state index in [4.69, 9.17) is 4.74 Å². The van der Waals surface area contributed by atoms with Gasteiger partial charge in [-0.05, 0) is 39.7 Å². The molecule has 0 heterocycles. The van der Waals surface area contributed by atoms with Gasteiger partial charge in [0.15, 0.2) is 0 Å². The Labute approximate surface area is 88.7 Å². The van der Waals surface area contributed by atoms with Gasteiger partial charge in [-0.15, -0.1) is 0 Å². The molecule has 0 amide bonds. The van der Waals surface area contributed by atoms with E-state index in [9.17, 15) is 0 Å². The molecule has 0 aliphatic rings. The van der Waals surface area contributed by atoms with Crippen LogP contribution in [-0.2, 0) is 4.74 Å². The minimum Gasteiger partial charge on any atom is -0.382 e. The second-order valence-corrected chi connectivity index (χ2v) is 3.69. The van der Waals surface area contributed by atoms with Gasteiger partial charge in [0, 0.05) is 19.3 Å². The molecule has 0 saturated heterocycles. The fraction of sp³-hybridized carbons (Fsp3) is 0.833. The van der Waals surface area contributed by atoms with E-state index in [1.165, 1.54) is 12.0 Å². The van der Waals surface area contributed by atoms with Crippen LogP contribution in [0.5, 0.6) is 0 Å². The van der Waals surface area contributed by atoms with Crippen molar-refractivity contribution < 1.29 is 4.74 Å². The Morgan fingerprint density at radius 3 is 2.64 bits per heavy atom. The Kier molecular flexibility index (Phi) is 9.00. The first-order chi connectivity index (χ1) is 6.72. The summed E-state index contributed by atoms with van der Waals surface area (Å²) in [6, 6.07) is 0.468. The summed E-state index contributed by atoms with van der Waals surface area (Å²) in [5.74, 6) is 0. The van der Waals surface area contributed by atoms with Gasteiger partial charge in [-0.1, -0.05) is 19.1 Å². The molecule has 0 aromatic rings. The lowest BCUT2D eigenvalue weighted by Gasteiger charge is -2.18. The summed E-state index contributed by atoms with van der Waals surface area (Å²) >= 11 is 0. The van der Waals surface area contributed by atoms with Crippen molar-refractivity contribution in [2.45, 2.75) is 46.1 Å². The molecule has 2 nitrogen and oxygen atoms in total. The van der Waals surface area contributed by atoms with Crippen LogP contribution in [-0.4, -0.2) is 25.8 Å². The van der Waals surface area contributed by atoms with Crippen LogP contribution in [0.3, 0.4) is 0 Å². The second-order valence-electron chi connectivity index (χ2n) is 3.69. The lowest BCUT2D eigenvalue weighted by atomic mass is 10.1. The minimum absolute atomic E-state index is 0.468. The number of hydrogen-bond donors (Lipinski definition) is 1. The predicted molar refractivity (Wildman–Crippen MR) is 62.6 cm³/mol. The number of hydrogen-bond acceptors (Lipinski definition) is 2. The maximum absolute atomic E-state index is 5.31. The highest BCUT2D eigenvalue weighted by Crippen LogP contribution is 2.06. The van der Waals surface area contributed by atoms with Crippen molar-refractivity contribution in [3.63, 3.8) is 0 Å². The van der Waals surface area contributed by atoms with E-state index in [-0.39, 0.29) is 0 Å². The van der Waals surface area contributed by atoms with E-state index in [1.807, 2.05) is 6.92 Å². The normalized spacial score (nSPS) is 12.8. The van der Waals surface area contributed by atoms with E-state index in [1.54, 1.807) is 0 Å². The van der Waals surface area contributed by atoms with Crippen LogP contribution in [0, 0.1) is 0 Å². The Hall–Kier alpha value is -0.340. The zero-order valence-corrected chi connectivity index (χ0v) is 9.94. The van der Waals surface area contributed by atoms with Crippen LogP contribution in [0.2, 0.25) is 0 Å². The Bertz CT molecular complexity index is 145. The summed E-state index contributed by atoms with van der Waals surface area (Å²) in [6.07, 6.45) is 3.42. The molecule has 0 aromatic carbocycles. The zero-order valence-electron chi connectivity index (χ0n) is 9.94. The van der Waals surface area contributed by atoms with Crippen LogP contribution >= 0.6 is 0 Å². The summed E-state index contributed by atoms with van der Waals surface area (Å²) in [7, 11) is 0. The highest BCUT2D eigenvalue weighted by Gasteiger charge is 2.06. The molecule has 0 fully saturated rings. The summed E-state index contributed by atoms with van der Waals surface area (Å²) in [6.45, 7) is 13.1. The summed E-state index contributed by atoms with van der Waals surface area (Å²) in [5, 5.41) is 3.49. The molecule has 0 aromatic heterocycles. The molecular weight excluding hydrogens is 174 g/mol. The van der Waals surface area contributed by atoms with E-state index in [2.05, 4.69) is 25.7 Å². The average molecular weight is 199 g/mol. The molecule has 0 spiro atoms. The van der Waals surface area contributed by atoms with Gasteiger partial charge >= 0.3 is 0 Å². The van der Waals surface area contributed by atoms with Crippen LogP contribution in [0.1, 0.15) is 40.0 Å². The molecule has 0 aliphatic carbocycles. The van der Waals surface area contributed by atoms with E-state index in [0.717, 1.165) is 32.6 Å². The monoisotopic (exact) mass is 199 g/mol. The third kappa shape index (κ3) is 7.10. The molecule has 1 N–H and O–H groups in total. The van der Waals surface area contributed by atoms with E-state index in [0.29, 0.717) is 6.04 Å². The molecule has 1 atom stereocenters. The molecule has 0 aliphatic heterocycles. The molecular formula is C12H25NO. The SMILES string of the molecule is C=C(C)C(CCCOCC)NCCC. The van der Waals surface area contributed by atoms with Crippen LogP contribution in [0.4, 0.5) is 0 Å². The lowest BCUT2D eigenvalue weighted by molar-refractivity contribution is 0.141. The van der Waals surface area contributed by atoms with Crippen molar-refractivity contribution >= 4 is 0 Å². The lowest BCUT2D eigenvalue weighted by Crippen LogP contribution is -2.30. The Morgan fingerprint density at radius 1 is 1.43 bits per heavy atom. The van der Waals surface area contributed by atoms with Gasteiger partial charge in [-0.3, -0.25) is 0 Å². The van der Waals surface area contributed by atoms with Crippen molar-refractivity contribution in [2.24, 2.45) is 0 Å². The summed E-state index contributed by atoms with van der Waals surface area (Å²) < 4.78 is 5.31. The number of nitrogens with one attached hydrogen (secondary N) is 1. The van der Waals surface area contributed by atoms with Crippen molar-refractivity contribution in [3.8, 4) is 0 Å². The van der Waals surface area contributed by atoms with Crippen molar-refractivity contribution in [1.29, 1.82) is 0 Å². The maximum atomic E-state index is 5.31. The summed E-state index contributed by atoms with van der Waals surface area (Å²) in [4.78, 5) is 0. The van der Waals surface area contributed by atoms with Gasteiger partial charge in [-0.2, -0.15) is 0 Å². The summed E-state index contributed by atoms with van der Waals surface area (Å²) in [5.41, 5.74) is 1.23. The van der Waals surface area contributed by atoms with Crippen molar-refractivity contribution in [3.05, 3.63) is 12.2 Å². The highest BCUT2D eigenvalue weighted by molar-refractivity contribution is 5.01. The maximum Gasteiger partial charge on any atom is 0.0466 e. The minimum atomic E-state index is 0.468. The van der Waals surface area contributed by atoms with E-state index >= 15 is 0 Å². The zero-order chi connectivity index (χ0) is 10.8. The topological polar surface area (TPSA) is 21.3 Å². The molecule has 1 unspecified atom stereocenters. The standard InChI is InChI=1S/C12H25NO/c1-5-9-13-12(11(3)4)8-7-10-14-6-2/h12-13H,3,5-10H2,1-2,4H3. The van der Waals surface area contributed by atoms with Crippen molar-refractivity contribution in [1.82, 2.24) is 5.32 Å². The van der Waals surface area contributed by atoms with Crippen LogP contribution in [0.15, 0.2) is 12.2 Å². The molecule has 0 rings (SSSR count). The van der Waals surface area contributed by atoms with Gasteiger partial charge < -0.3 is 10.1 Å². The van der Waals surface area contributed by atoms with Gasteiger partial charge in [0.2, 0.25) is 0 Å².